The average Bonchev–Trinajstić information content (AvgIpc) is 2.81. The zero-order valence-corrected chi connectivity index (χ0v) is 19.3. The van der Waals surface area contributed by atoms with Crippen molar-refractivity contribution in [1.29, 1.82) is 0 Å². The van der Waals surface area contributed by atoms with Crippen molar-refractivity contribution in [2.24, 2.45) is 0 Å². The van der Waals surface area contributed by atoms with Crippen LogP contribution in [0.5, 0.6) is 5.75 Å². The number of pyridine rings is 1. The number of benzene rings is 2. The molecule has 0 saturated heterocycles. The second-order valence-corrected chi connectivity index (χ2v) is 7.86. The Hall–Kier alpha value is -4.46. The lowest BCUT2D eigenvalue weighted by molar-refractivity contribution is -0.115. The van der Waals surface area contributed by atoms with Crippen LogP contribution in [-0.4, -0.2) is 28.0 Å². The van der Waals surface area contributed by atoms with Crippen LogP contribution in [0.2, 0.25) is 0 Å². The number of amides is 1. The number of rotatable bonds is 8. The molecular weight excluding hydrogens is 428 g/mol. The first-order chi connectivity index (χ1) is 16.5. The molecule has 0 bridgehead atoms. The van der Waals surface area contributed by atoms with E-state index < -0.39 is 0 Å². The molecule has 4 rings (SSSR count). The standard InChI is InChI=1S/C26H26N6O2/c1-17-10-11-27-23(12-17)32-25-15-24(28-16-29-25)30-20-5-7-21(8-6-20)31-26(33)14-19-4-9-22(34-3)18(2)13-19/h4-13,15-16H,14H2,1-3H3,(H,31,33)(H2,27,28,29,30,32). The molecule has 8 heteroatoms. The lowest BCUT2D eigenvalue weighted by atomic mass is 10.1. The van der Waals surface area contributed by atoms with E-state index in [1.54, 1.807) is 19.4 Å². The lowest BCUT2D eigenvalue weighted by Crippen LogP contribution is -2.14. The molecule has 172 valence electrons. The number of hydrogen-bond acceptors (Lipinski definition) is 7. The number of carbonyl (C=O) groups is 1. The van der Waals surface area contributed by atoms with E-state index in [0.29, 0.717) is 11.6 Å². The van der Waals surface area contributed by atoms with Crippen LogP contribution in [0.15, 0.2) is 73.2 Å². The predicted octanol–water partition coefficient (Wildman–Crippen LogP) is 5.17. The molecule has 2 heterocycles. The Kier molecular flexibility index (Phi) is 6.98. The van der Waals surface area contributed by atoms with Crippen molar-refractivity contribution in [2.75, 3.05) is 23.1 Å². The molecule has 2 aromatic carbocycles. The largest absolute Gasteiger partial charge is 0.496 e. The molecule has 1 amide bonds. The molecule has 4 aromatic rings. The monoisotopic (exact) mass is 454 g/mol. The Morgan fingerprint density at radius 3 is 2.24 bits per heavy atom. The Bertz CT molecular complexity index is 1290. The van der Waals surface area contributed by atoms with Gasteiger partial charge in [0.15, 0.2) is 0 Å². The van der Waals surface area contributed by atoms with Crippen LogP contribution in [0.25, 0.3) is 0 Å². The van der Waals surface area contributed by atoms with Crippen molar-refractivity contribution >= 4 is 34.7 Å². The van der Waals surface area contributed by atoms with Gasteiger partial charge in [0.2, 0.25) is 5.91 Å². The van der Waals surface area contributed by atoms with E-state index in [2.05, 4.69) is 30.9 Å². The molecule has 34 heavy (non-hydrogen) atoms. The number of aryl methyl sites for hydroxylation is 2. The van der Waals surface area contributed by atoms with E-state index in [1.165, 1.54) is 6.33 Å². The van der Waals surface area contributed by atoms with E-state index in [-0.39, 0.29) is 12.3 Å². The second-order valence-electron chi connectivity index (χ2n) is 7.86. The highest BCUT2D eigenvalue weighted by molar-refractivity contribution is 5.92. The molecular formula is C26H26N6O2. The van der Waals surface area contributed by atoms with Gasteiger partial charge in [-0.2, -0.15) is 0 Å². The van der Waals surface area contributed by atoms with Crippen LogP contribution in [0.4, 0.5) is 28.8 Å². The predicted molar refractivity (Wildman–Crippen MR) is 134 cm³/mol. The molecule has 0 radical (unpaired) electrons. The summed E-state index contributed by atoms with van der Waals surface area (Å²) < 4.78 is 5.27. The van der Waals surface area contributed by atoms with E-state index in [0.717, 1.165) is 39.6 Å². The third-order valence-corrected chi connectivity index (χ3v) is 5.10. The van der Waals surface area contributed by atoms with Gasteiger partial charge in [-0.3, -0.25) is 4.79 Å². The topological polar surface area (TPSA) is 101 Å². The van der Waals surface area contributed by atoms with Crippen LogP contribution < -0.4 is 20.7 Å². The average molecular weight is 455 g/mol. The Morgan fingerprint density at radius 1 is 0.824 bits per heavy atom. The van der Waals surface area contributed by atoms with Gasteiger partial charge in [-0.05, 0) is 73.0 Å². The number of carbonyl (C=O) groups excluding carboxylic acids is 1. The minimum atomic E-state index is -0.0819. The summed E-state index contributed by atoms with van der Waals surface area (Å²) in [4.78, 5) is 25.2. The lowest BCUT2D eigenvalue weighted by Gasteiger charge is -2.10. The van der Waals surface area contributed by atoms with Crippen molar-refractivity contribution in [3.05, 3.63) is 89.9 Å². The zero-order chi connectivity index (χ0) is 23.9. The van der Waals surface area contributed by atoms with Crippen molar-refractivity contribution in [3.8, 4) is 5.75 Å². The smallest absolute Gasteiger partial charge is 0.228 e. The highest BCUT2D eigenvalue weighted by atomic mass is 16.5. The van der Waals surface area contributed by atoms with E-state index in [4.69, 9.17) is 4.74 Å². The van der Waals surface area contributed by atoms with Gasteiger partial charge in [-0.15, -0.1) is 0 Å². The summed E-state index contributed by atoms with van der Waals surface area (Å²) in [7, 11) is 1.64. The van der Waals surface area contributed by atoms with Crippen LogP contribution in [-0.2, 0) is 11.2 Å². The van der Waals surface area contributed by atoms with Gasteiger partial charge in [0.05, 0.1) is 13.5 Å². The number of hydrogen-bond donors (Lipinski definition) is 3. The van der Waals surface area contributed by atoms with Gasteiger partial charge < -0.3 is 20.7 Å². The number of aromatic nitrogens is 3. The van der Waals surface area contributed by atoms with Gasteiger partial charge in [0.1, 0.15) is 29.5 Å². The molecule has 0 unspecified atom stereocenters. The highest BCUT2D eigenvalue weighted by Crippen LogP contribution is 2.21. The summed E-state index contributed by atoms with van der Waals surface area (Å²) in [6.45, 7) is 3.97. The normalized spacial score (nSPS) is 10.4. The van der Waals surface area contributed by atoms with Gasteiger partial charge in [0, 0.05) is 23.6 Å². The van der Waals surface area contributed by atoms with Crippen molar-refractivity contribution in [3.63, 3.8) is 0 Å². The highest BCUT2D eigenvalue weighted by Gasteiger charge is 2.07. The fourth-order valence-corrected chi connectivity index (χ4v) is 3.46. The molecule has 0 saturated carbocycles. The maximum Gasteiger partial charge on any atom is 0.228 e. The van der Waals surface area contributed by atoms with Gasteiger partial charge in [-0.1, -0.05) is 12.1 Å². The summed E-state index contributed by atoms with van der Waals surface area (Å²) in [6.07, 6.45) is 3.52. The summed E-state index contributed by atoms with van der Waals surface area (Å²) >= 11 is 0. The number of nitrogens with one attached hydrogen (secondary N) is 3. The third-order valence-electron chi connectivity index (χ3n) is 5.10. The summed E-state index contributed by atoms with van der Waals surface area (Å²) in [5, 5.41) is 9.35. The fraction of sp³-hybridized carbons (Fsp3) is 0.154. The number of nitrogens with zero attached hydrogens (tertiary/aromatic N) is 3. The molecule has 0 fully saturated rings. The maximum atomic E-state index is 12.4. The van der Waals surface area contributed by atoms with Crippen molar-refractivity contribution in [2.45, 2.75) is 20.3 Å². The van der Waals surface area contributed by atoms with Crippen molar-refractivity contribution < 1.29 is 9.53 Å². The SMILES string of the molecule is COc1ccc(CC(=O)Nc2ccc(Nc3cc(Nc4cc(C)ccn4)ncn3)cc2)cc1C. The van der Waals surface area contributed by atoms with E-state index >= 15 is 0 Å². The Balaban J connectivity index is 1.34. The number of methoxy groups -OCH3 is 1. The Labute approximate surface area is 198 Å². The molecule has 0 aliphatic carbocycles. The minimum Gasteiger partial charge on any atom is -0.496 e. The fourth-order valence-electron chi connectivity index (χ4n) is 3.46. The first-order valence-electron chi connectivity index (χ1n) is 10.8. The van der Waals surface area contributed by atoms with E-state index in [1.807, 2.05) is 68.4 Å². The van der Waals surface area contributed by atoms with Gasteiger partial charge in [0.25, 0.3) is 0 Å². The third kappa shape index (κ3) is 6.07. The Morgan fingerprint density at radius 2 is 1.53 bits per heavy atom. The van der Waals surface area contributed by atoms with Crippen LogP contribution in [0.1, 0.15) is 16.7 Å². The summed E-state index contributed by atoms with van der Waals surface area (Å²) in [5.74, 6) is 2.71. The quantitative estimate of drug-likeness (QED) is 0.338. The molecule has 0 atom stereocenters. The molecule has 0 aliphatic heterocycles. The van der Waals surface area contributed by atoms with Gasteiger partial charge in [-0.25, -0.2) is 15.0 Å². The number of ether oxygens (including phenoxy) is 1. The maximum absolute atomic E-state index is 12.4. The summed E-state index contributed by atoms with van der Waals surface area (Å²) in [5.41, 5.74) is 4.60. The van der Waals surface area contributed by atoms with Crippen molar-refractivity contribution in [1.82, 2.24) is 15.0 Å². The molecule has 2 aromatic heterocycles. The first-order valence-corrected chi connectivity index (χ1v) is 10.8. The van der Waals surface area contributed by atoms with Crippen LogP contribution >= 0.6 is 0 Å². The second kappa shape index (κ2) is 10.4. The van der Waals surface area contributed by atoms with Gasteiger partial charge >= 0.3 is 0 Å². The van der Waals surface area contributed by atoms with Crippen LogP contribution in [0, 0.1) is 13.8 Å². The molecule has 0 aliphatic rings. The minimum absolute atomic E-state index is 0.0819. The molecule has 3 N–H and O–H groups in total. The van der Waals surface area contributed by atoms with Crippen LogP contribution in [0.3, 0.4) is 0 Å². The molecule has 0 spiro atoms. The zero-order valence-electron chi connectivity index (χ0n) is 19.3. The van der Waals surface area contributed by atoms with E-state index in [9.17, 15) is 4.79 Å². The number of anilines is 5. The summed E-state index contributed by atoms with van der Waals surface area (Å²) in [6, 6.07) is 18.9. The first kappa shape index (κ1) is 22.7. The molecule has 8 nitrogen and oxygen atoms in total.